The van der Waals surface area contributed by atoms with Crippen LogP contribution >= 0.6 is 0 Å². The van der Waals surface area contributed by atoms with E-state index in [2.05, 4.69) is 36.2 Å². The van der Waals surface area contributed by atoms with Gasteiger partial charge < -0.3 is 0 Å². The Hall–Kier alpha value is -1.63. The maximum atomic E-state index is 4.29. The molecule has 0 aliphatic carbocycles. The predicted molar refractivity (Wildman–Crippen MR) is 65.8 cm³/mol. The minimum atomic E-state index is 1.03. The van der Waals surface area contributed by atoms with E-state index in [1.807, 2.05) is 38.2 Å². The van der Waals surface area contributed by atoms with Gasteiger partial charge in [-0.1, -0.05) is 43.7 Å². The molecule has 78 valence electrons. The first-order valence-electron chi connectivity index (χ1n) is 5.34. The van der Waals surface area contributed by atoms with Crippen molar-refractivity contribution >= 4 is 0 Å². The Labute approximate surface area is 91.8 Å². The summed E-state index contributed by atoms with van der Waals surface area (Å²) in [6.07, 6.45) is 1.82. The molecule has 0 fully saturated rings. The molecule has 0 saturated carbocycles. The van der Waals surface area contributed by atoms with Crippen LogP contribution in [0.4, 0.5) is 0 Å². The van der Waals surface area contributed by atoms with Crippen LogP contribution in [-0.4, -0.2) is 4.98 Å². The van der Waals surface area contributed by atoms with Gasteiger partial charge in [0.1, 0.15) is 0 Å². The summed E-state index contributed by atoms with van der Waals surface area (Å²) in [5, 5.41) is 0. The molecule has 2 rings (SSSR count). The van der Waals surface area contributed by atoms with Crippen LogP contribution in [-0.2, 0) is 0 Å². The molecule has 1 aromatic heterocycles. The lowest BCUT2D eigenvalue weighted by molar-refractivity contribution is 1.32. The van der Waals surface area contributed by atoms with Crippen molar-refractivity contribution in [2.24, 2.45) is 0 Å². The number of hydrogen-bond acceptors (Lipinski definition) is 1. The van der Waals surface area contributed by atoms with Crippen LogP contribution in [0.2, 0.25) is 0 Å². The molecule has 2 aromatic rings. The van der Waals surface area contributed by atoms with E-state index in [0.717, 1.165) is 5.69 Å². The zero-order valence-corrected chi connectivity index (χ0v) is 9.57. The van der Waals surface area contributed by atoms with Crippen molar-refractivity contribution in [1.82, 2.24) is 4.98 Å². The number of pyridine rings is 1. The molecule has 15 heavy (non-hydrogen) atoms. The van der Waals surface area contributed by atoms with Crippen LogP contribution in [0.15, 0.2) is 48.7 Å². The van der Waals surface area contributed by atoms with Crippen LogP contribution < -0.4 is 0 Å². The van der Waals surface area contributed by atoms with Crippen molar-refractivity contribution in [2.45, 2.75) is 20.8 Å². The summed E-state index contributed by atoms with van der Waals surface area (Å²) in [7, 11) is 0. The maximum absolute atomic E-state index is 4.29. The van der Waals surface area contributed by atoms with Crippen LogP contribution in [0.25, 0.3) is 11.3 Å². The van der Waals surface area contributed by atoms with Gasteiger partial charge in [0.25, 0.3) is 0 Å². The average molecular weight is 199 g/mol. The third-order valence-electron chi connectivity index (χ3n) is 1.98. The summed E-state index contributed by atoms with van der Waals surface area (Å²) in [6, 6.07) is 14.3. The summed E-state index contributed by atoms with van der Waals surface area (Å²) >= 11 is 0. The zero-order chi connectivity index (χ0) is 11.1. The van der Waals surface area contributed by atoms with Gasteiger partial charge in [-0.3, -0.25) is 4.98 Å². The largest absolute Gasteiger partial charge is 0.256 e. The highest BCUT2D eigenvalue weighted by atomic mass is 14.7. The van der Waals surface area contributed by atoms with E-state index >= 15 is 0 Å². The lowest BCUT2D eigenvalue weighted by Gasteiger charge is -2.00. The number of hydrogen-bond donors (Lipinski definition) is 0. The molecule has 1 aromatic carbocycles. The minimum Gasteiger partial charge on any atom is -0.256 e. The second-order valence-electron chi connectivity index (χ2n) is 3.08. The number of aryl methyl sites for hydroxylation is 1. The fourth-order valence-electron chi connectivity index (χ4n) is 1.34. The van der Waals surface area contributed by atoms with Crippen molar-refractivity contribution in [1.29, 1.82) is 0 Å². The van der Waals surface area contributed by atoms with Gasteiger partial charge in [-0.25, -0.2) is 0 Å². The van der Waals surface area contributed by atoms with E-state index in [1.165, 1.54) is 11.1 Å². The van der Waals surface area contributed by atoms with Crippen molar-refractivity contribution in [3.8, 4) is 11.3 Å². The van der Waals surface area contributed by atoms with Crippen molar-refractivity contribution in [3.63, 3.8) is 0 Å². The molecule has 1 heterocycles. The minimum absolute atomic E-state index is 1.03. The molecule has 0 aliphatic rings. The first-order valence-corrected chi connectivity index (χ1v) is 5.34. The summed E-state index contributed by atoms with van der Waals surface area (Å²) in [6.45, 7) is 6.09. The fourth-order valence-corrected chi connectivity index (χ4v) is 1.34. The highest BCUT2D eigenvalue weighted by Crippen LogP contribution is 2.16. The lowest BCUT2D eigenvalue weighted by Crippen LogP contribution is -1.81. The molecule has 0 radical (unpaired) electrons. The van der Waals surface area contributed by atoms with Crippen molar-refractivity contribution in [3.05, 3.63) is 54.2 Å². The molecule has 0 unspecified atom stereocenters. The van der Waals surface area contributed by atoms with Gasteiger partial charge in [-0.05, 0) is 25.1 Å². The maximum Gasteiger partial charge on any atom is 0.0702 e. The Morgan fingerprint density at radius 2 is 1.73 bits per heavy atom. The van der Waals surface area contributed by atoms with Gasteiger partial charge in [0.2, 0.25) is 0 Å². The molecule has 0 atom stereocenters. The Kier molecular flexibility index (Phi) is 4.55. The molecule has 0 amide bonds. The van der Waals surface area contributed by atoms with E-state index in [9.17, 15) is 0 Å². The van der Waals surface area contributed by atoms with Gasteiger partial charge in [0.15, 0.2) is 0 Å². The number of aromatic nitrogens is 1. The third kappa shape index (κ3) is 3.21. The Morgan fingerprint density at radius 1 is 0.933 bits per heavy atom. The molecule has 0 spiro atoms. The summed E-state index contributed by atoms with van der Waals surface area (Å²) in [5.41, 5.74) is 3.48. The highest BCUT2D eigenvalue weighted by molar-refractivity contribution is 5.59. The summed E-state index contributed by atoms with van der Waals surface area (Å²) in [4.78, 5) is 4.29. The third-order valence-corrected chi connectivity index (χ3v) is 1.98. The molecule has 0 aliphatic heterocycles. The van der Waals surface area contributed by atoms with Gasteiger partial charge >= 0.3 is 0 Å². The molecular weight excluding hydrogens is 182 g/mol. The van der Waals surface area contributed by atoms with Crippen molar-refractivity contribution in [2.75, 3.05) is 0 Å². The average Bonchev–Trinajstić information content (AvgIpc) is 2.33. The topological polar surface area (TPSA) is 12.9 Å². The summed E-state index contributed by atoms with van der Waals surface area (Å²) < 4.78 is 0. The molecule has 0 bridgehead atoms. The van der Waals surface area contributed by atoms with E-state index in [1.54, 1.807) is 0 Å². The first-order chi connectivity index (χ1) is 7.36. The second-order valence-corrected chi connectivity index (χ2v) is 3.08. The molecule has 0 saturated heterocycles. The molecule has 0 N–H and O–H groups in total. The lowest BCUT2D eigenvalue weighted by atomic mass is 10.1. The van der Waals surface area contributed by atoms with Crippen molar-refractivity contribution < 1.29 is 0 Å². The normalized spacial score (nSPS) is 9.00. The zero-order valence-electron chi connectivity index (χ0n) is 9.57. The monoisotopic (exact) mass is 199 g/mol. The van der Waals surface area contributed by atoms with Gasteiger partial charge in [-0.15, -0.1) is 0 Å². The molecule has 1 nitrogen and oxygen atoms in total. The summed E-state index contributed by atoms with van der Waals surface area (Å²) in [5.74, 6) is 0. The van der Waals surface area contributed by atoms with E-state index < -0.39 is 0 Å². The van der Waals surface area contributed by atoms with Crippen LogP contribution in [0.3, 0.4) is 0 Å². The quantitative estimate of drug-likeness (QED) is 0.674. The first kappa shape index (κ1) is 11.4. The van der Waals surface area contributed by atoms with E-state index in [-0.39, 0.29) is 0 Å². The number of benzene rings is 1. The molecular formula is C14H17N. The Bertz CT molecular complexity index is 393. The van der Waals surface area contributed by atoms with Gasteiger partial charge in [0, 0.05) is 11.8 Å². The van der Waals surface area contributed by atoms with Gasteiger partial charge in [0.05, 0.1) is 5.69 Å². The van der Waals surface area contributed by atoms with Crippen LogP contribution in [0, 0.1) is 6.92 Å². The highest BCUT2D eigenvalue weighted by Gasteiger charge is 1.96. The predicted octanol–water partition coefficient (Wildman–Crippen LogP) is 4.08. The van der Waals surface area contributed by atoms with E-state index in [0.29, 0.717) is 0 Å². The Balaban J connectivity index is 0.000000531. The smallest absolute Gasteiger partial charge is 0.0702 e. The molecule has 1 heteroatoms. The fraction of sp³-hybridized carbons (Fsp3) is 0.214. The SMILES string of the molecule is CC.Cc1cccc(-c2ccccn2)c1. The Morgan fingerprint density at radius 3 is 2.33 bits per heavy atom. The van der Waals surface area contributed by atoms with Gasteiger partial charge in [-0.2, -0.15) is 0 Å². The van der Waals surface area contributed by atoms with Crippen LogP contribution in [0.5, 0.6) is 0 Å². The second kappa shape index (κ2) is 5.97. The van der Waals surface area contributed by atoms with Crippen LogP contribution in [0.1, 0.15) is 19.4 Å². The number of nitrogens with zero attached hydrogens (tertiary/aromatic N) is 1. The standard InChI is InChI=1S/C12H11N.C2H6/c1-10-5-4-6-11(9-10)12-7-2-3-8-13-12;1-2/h2-9H,1H3;1-2H3. The number of rotatable bonds is 1. The van der Waals surface area contributed by atoms with E-state index in [4.69, 9.17) is 0 Å².